The molecular weight excluding hydrogens is 205 g/mol. The minimum Gasteiger partial charge on any atom is -0.330 e. The molecule has 0 heterocycles. The van der Waals surface area contributed by atoms with Crippen LogP contribution in [0.25, 0.3) is 0 Å². The second kappa shape index (κ2) is 5.07. The number of hydrogen-bond acceptors (Lipinski definition) is 3. The van der Waals surface area contributed by atoms with Gasteiger partial charge in [0.2, 0.25) is 0 Å². The van der Waals surface area contributed by atoms with E-state index in [1.807, 2.05) is 0 Å². The molecule has 84 valence electrons. The molecule has 1 aliphatic carbocycles. The summed E-state index contributed by atoms with van der Waals surface area (Å²) in [6.45, 7) is 0.637. The predicted octanol–water partition coefficient (Wildman–Crippen LogP) is 1.58. The van der Waals surface area contributed by atoms with Crippen molar-refractivity contribution in [3.05, 3.63) is 0 Å². The minimum absolute atomic E-state index is 0.462. The fourth-order valence-corrected chi connectivity index (χ4v) is 3.02. The van der Waals surface area contributed by atoms with Gasteiger partial charge in [-0.2, -0.15) is 8.42 Å². The van der Waals surface area contributed by atoms with Gasteiger partial charge in [-0.05, 0) is 38.1 Å². The molecule has 1 aliphatic rings. The molecule has 0 aliphatic heterocycles. The van der Waals surface area contributed by atoms with Crippen LogP contribution in [0.4, 0.5) is 3.89 Å². The van der Waals surface area contributed by atoms with Crippen LogP contribution < -0.4 is 5.73 Å². The van der Waals surface area contributed by atoms with Crippen molar-refractivity contribution in [1.82, 2.24) is 0 Å². The van der Waals surface area contributed by atoms with Gasteiger partial charge < -0.3 is 5.73 Å². The fourth-order valence-electron chi connectivity index (χ4n) is 2.15. The van der Waals surface area contributed by atoms with Gasteiger partial charge in [0.25, 0.3) is 0 Å². The van der Waals surface area contributed by atoms with Crippen molar-refractivity contribution in [1.29, 1.82) is 0 Å². The third-order valence-electron chi connectivity index (χ3n) is 3.01. The van der Waals surface area contributed by atoms with Crippen molar-refractivity contribution in [2.24, 2.45) is 11.7 Å². The van der Waals surface area contributed by atoms with Crippen molar-refractivity contribution in [3.8, 4) is 0 Å². The van der Waals surface area contributed by atoms with E-state index in [9.17, 15) is 12.3 Å². The van der Waals surface area contributed by atoms with Gasteiger partial charge in [0, 0.05) is 0 Å². The lowest BCUT2D eigenvalue weighted by atomic mass is 9.97. The van der Waals surface area contributed by atoms with Gasteiger partial charge in [-0.25, -0.2) is 0 Å². The second-order valence-electron chi connectivity index (χ2n) is 4.05. The predicted molar refractivity (Wildman–Crippen MR) is 54.1 cm³/mol. The largest absolute Gasteiger partial charge is 0.330 e. The Morgan fingerprint density at radius 3 is 2.50 bits per heavy atom. The quantitative estimate of drug-likeness (QED) is 0.583. The third-order valence-corrected chi connectivity index (χ3v) is 4.28. The van der Waals surface area contributed by atoms with Crippen LogP contribution in [0.1, 0.15) is 38.5 Å². The third kappa shape index (κ3) is 3.53. The Morgan fingerprint density at radius 2 is 1.93 bits per heavy atom. The van der Waals surface area contributed by atoms with Gasteiger partial charge >= 0.3 is 10.2 Å². The lowest BCUT2D eigenvalue weighted by Crippen LogP contribution is -2.16. The monoisotopic (exact) mass is 223 g/mol. The van der Waals surface area contributed by atoms with Gasteiger partial charge in [-0.3, -0.25) is 0 Å². The molecule has 5 heteroatoms. The van der Waals surface area contributed by atoms with Crippen LogP contribution in [0.5, 0.6) is 0 Å². The zero-order valence-electron chi connectivity index (χ0n) is 8.28. The van der Waals surface area contributed by atoms with Gasteiger partial charge in [-0.1, -0.05) is 12.8 Å². The van der Waals surface area contributed by atoms with E-state index in [2.05, 4.69) is 0 Å². The molecule has 14 heavy (non-hydrogen) atoms. The average Bonchev–Trinajstić information content (AvgIpc) is 2.29. The molecule has 1 fully saturated rings. The highest BCUT2D eigenvalue weighted by molar-refractivity contribution is 7.87. The molecule has 3 nitrogen and oxygen atoms in total. The SMILES string of the molecule is NCCC1CCCC(S(=O)(=O)F)CC1. The van der Waals surface area contributed by atoms with Crippen LogP contribution in [0.3, 0.4) is 0 Å². The maximum atomic E-state index is 12.7. The van der Waals surface area contributed by atoms with Crippen LogP contribution in [-0.4, -0.2) is 20.2 Å². The normalized spacial score (nSPS) is 29.9. The summed E-state index contributed by atoms with van der Waals surface area (Å²) in [5.74, 6) is 0.492. The van der Waals surface area contributed by atoms with Crippen LogP contribution in [-0.2, 0) is 10.2 Å². The molecule has 0 radical (unpaired) electrons. The Kier molecular flexibility index (Phi) is 4.31. The Bertz CT molecular complexity index is 266. The molecule has 1 rings (SSSR count). The summed E-state index contributed by atoms with van der Waals surface area (Å²) in [4.78, 5) is 0. The van der Waals surface area contributed by atoms with Gasteiger partial charge in [0.05, 0.1) is 5.25 Å². The number of nitrogens with two attached hydrogens (primary N) is 1. The lowest BCUT2D eigenvalue weighted by molar-refractivity contribution is 0.433. The van der Waals surface area contributed by atoms with Crippen LogP contribution >= 0.6 is 0 Å². The summed E-state index contributed by atoms with van der Waals surface area (Å²) in [7, 11) is -4.32. The summed E-state index contributed by atoms with van der Waals surface area (Å²) in [5.41, 5.74) is 5.44. The van der Waals surface area contributed by atoms with Crippen molar-refractivity contribution >= 4 is 10.2 Å². The Labute approximate surface area is 85.1 Å². The van der Waals surface area contributed by atoms with Crippen molar-refractivity contribution in [3.63, 3.8) is 0 Å². The van der Waals surface area contributed by atoms with E-state index in [1.165, 1.54) is 0 Å². The summed E-state index contributed by atoms with van der Waals surface area (Å²) in [6.07, 6.45) is 4.45. The highest BCUT2D eigenvalue weighted by atomic mass is 32.3. The molecule has 0 spiro atoms. The van der Waals surface area contributed by atoms with Crippen LogP contribution in [0, 0.1) is 5.92 Å². The number of rotatable bonds is 3. The molecule has 2 N–H and O–H groups in total. The molecule has 0 amide bonds. The summed E-state index contributed by atoms with van der Waals surface area (Å²) < 4.78 is 34.1. The lowest BCUT2D eigenvalue weighted by Gasteiger charge is -2.11. The Hall–Kier alpha value is -0.160. The summed E-state index contributed by atoms with van der Waals surface area (Å²) >= 11 is 0. The molecule has 0 saturated heterocycles. The number of hydrogen-bond donors (Lipinski definition) is 1. The topological polar surface area (TPSA) is 60.2 Å². The first-order valence-electron chi connectivity index (χ1n) is 5.17. The first-order valence-corrected chi connectivity index (χ1v) is 6.62. The fraction of sp³-hybridized carbons (Fsp3) is 1.00. The van der Waals surface area contributed by atoms with Crippen LogP contribution in [0.15, 0.2) is 0 Å². The maximum Gasteiger partial charge on any atom is 0.305 e. The molecule has 0 aromatic carbocycles. The summed E-state index contributed by atoms with van der Waals surface area (Å²) in [5, 5.41) is -0.759. The molecule has 1 saturated carbocycles. The minimum atomic E-state index is -4.32. The van der Waals surface area contributed by atoms with Gasteiger partial charge in [-0.15, -0.1) is 3.89 Å². The van der Waals surface area contributed by atoms with E-state index in [1.54, 1.807) is 0 Å². The van der Waals surface area contributed by atoms with E-state index in [0.29, 0.717) is 25.3 Å². The zero-order chi connectivity index (χ0) is 10.6. The molecule has 0 aromatic rings. The van der Waals surface area contributed by atoms with Crippen LogP contribution in [0.2, 0.25) is 0 Å². The molecule has 0 bridgehead atoms. The number of halogens is 1. The first kappa shape index (κ1) is 11.9. The van der Waals surface area contributed by atoms with E-state index >= 15 is 0 Å². The van der Waals surface area contributed by atoms with E-state index < -0.39 is 15.5 Å². The van der Waals surface area contributed by atoms with Crippen molar-refractivity contribution in [2.75, 3.05) is 6.54 Å². The highest BCUT2D eigenvalue weighted by Crippen LogP contribution is 2.29. The first-order chi connectivity index (χ1) is 6.54. The summed E-state index contributed by atoms with van der Waals surface area (Å²) in [6, 6.07) is 0. The standard InChI is InChI=1S/C9H18FNO2S/c10-14(12,13)9-3-1-2-8(4-5-9)6-7-11/h8-9H,1-7,11H2. The second-order valence-corrected chi connectivity index (χ2v) is 5.67. The van der Waals surface area contributed by atoms with E-state index in [4.69, 9.17) is 5.73 Å². The van der Waals surface area contributed by atoms with Gasteiger partial charge in [0.15, 0.2) is 0 Å². The molecular formula is C9H18FNO2S. The molecule has 2 unspecified atom stereocenters. The maximum absolute atomic E-state index is 12.7. The van der Waals surface area contributed by atoms with Crippen molar-refractivity contribution in [2.45, 2.75) is 43.8 Å². The smallest absolute Gasteiger partial charge is 0.305 e. The van der Waals surface area contributed by atoms with Crippen molar-refractivity contribution < 1.29 is 12.3 Å². The van der Waals surface area contributed by atoms with Gasteiger partial charge in [0.1, 0.15) is 0 Å². The Balaban J connectivity index is 2.49. The molecule has 2 atom stereocenters. The van der Waals surface area contributed by atoms with E-state index in [0.717, 1.165) is 25.7 Å². The molecule has 0 aromatic heterocycles. The average molecular weight is 223 g/mol. The Morgan fingerprint density at radius 1 is 1.21 bits per heavy atom. The zero-order valence-corrected chi connectivity index (χ0v) is 9.10. The van der Waals surface area contributed by atoms with E-state index in [-0.39, 0.29) is 0 Å². The highest BCUT2D eigenvalue weighted by Gasteiger charge is 2.28.